The predicted octanol–water partition coefficient (Wildman–Crippen LogP) is 3.33. The van der Waals surface area contributed by atoms with E-state index in [-0.39, 0.29) is 11.8 Å². The van der Waals surface area contributed by atoms with E-state index in [0.29, 0.717) is 24.2 Å². The normalized spacial score (nSPS) is 10.1. The number of anilines is 1. The number of hydrogen-bond acceptors (Lipinski definition) is 2. The molecule has 1 aromatic rings. The summed E-state index contributed by atoms with van der Waals surface area (Å²) in [5.41, 5.74) is 1.08. The highest BCUT2D eigenvalue weighted by Gasteiger charge is 2.12. The topological polar surface area (TPSA) is 58.2 Å². The van der Waals surface area contributed by atoms with Crippen LogP contribution in [0, 0.1) is 0 Å². The van der Waals surface area contributed by atoms with Crippen LogP contribution < -0.4 is 10.6 Å². The lowest BCUT2D eigenvalue weighted by Gasteiger charge is -2.11. The third kappa shape index (κ3) is 5.74. The van der Waals surface area contributed by atoms with Gasteiger partial charge in [0.2, 0.25) is 5.91 Å². The lowest BCUT2D eigenvalue weighted by molar-refractivity contribution is -0.116. The Morgan fingerprint density at radius 3 is 2.65 bits per heavy atom. The standard InChI is InChI=1S/C15H21BrN2O2/c1-2-11-17-15(20)12-7-3-4-8-13(12)18-14(19)9-5-6-10-16/h3-4,7-8H,2,5-6,9-11H2,1H3,(H,17,20)(H,18,19). The van der Waals surface area contributed by atoms with Gasteiger partial charge in [-0.1, -0.05) is 35.0 Å². The Morgan fingerprint density at radius 1 is 1.20 bits per heavy atom. The molecule has 20 heavy (non-hydrogen) atoms. The second-order valence-corrected chi connectivity index (χ2v) is 5.29. The van der Waals surface area contributed by atoms with Crippen LogP contribution in [0.5, 0.6) is 0 Å². The van der Waals surface area contributed by atoms with Crippen LogP contribution in [0.1, 0.15) is 43.0 Å². The van der Waals surface area contributed by atoms with Gasteiger partial charge in [0.05, 0.1) is 11.3 Å². The van der Waals surface area contributed by atoms with E-state index in [0.717, 1.165) is 24.6 Å². The molecule has 0 aromatic heterocycles. The van der Waals surface area contributed by atoms with E-state index in [1.165, 1.54) is 0 Å². The molecule has 0 saturated heterocycles. The molecule has 1 aromatic carbocycles. The smallest absolute Gasteiger partial charge is 0.253 e. The van der Waals surface area contributed by atoms with Gasteiger partial charge in [-0.25, -0.2) is 0 Å². The van der Waals surface area contributed by atoms with Crippen molar-refractivity contribution in [1.29, 1.82) is 0 Å². The molecule has 110 valence electrons. The number of nitrogens with one attached hydrogen (secondary N) is 2. The minimum Gasteiger partial charge on any atom is -0.352 e. The average molecular weight is 341 g/mol. The first-order chi connectivity index (χ1) is 9.69. The molecule has 0 aliphatic carbocycles. The van der Waals surface area contributed by atoms with E-state index in [1.54, 1.807) is 18.2 Å². The second kappa shape index (κ2) is 9.53. The second-order valence-electron chi connectivity index (χ2n) is 4.50. The van der Waals surface area contributed by atoms with E-state index in [9.17, 15) is 9.59 Å². The first-order valence-corrected chi connectivity index (χ1v) is 8.04. The summed E-state index contributed by atoms with van der Waals surface area (Å²) in [6.07, 6.45) is 3.15. The van der Waals surface area contributed by atoms with Crippen molar-refractivity contribution < 1.29 is 9.59 Å². The van der Waals surface area contributed by atoms with E-state index >= 15 is 0 Å². The van der Waals surface area contributed by atoms with Crippen molar-refractivity contribution in [3.8, 4) is 0 Å². The van der Waals surface area contributed by atoms with Crippen molar-refractivity contribution in [2.45, 2.75) is 32.6 Å². The zero-order valence-corrected chi connectivity index (χ0v) is 13.3. The molecule has 2 N–H and O–H groups in total. The summed E-state index contributed by atoms with van der Waals surface area (Å²) in [4.78, 5) is 23.8. The van der Waals surface area contributed by atoms with Crippen LogP contribution in [0.25, 0.3) is 0 Å². The van der Waals surface area contributed by atoms with E-state index in [1.807, 2.05) is 13.0 Å². The van der Waals surface area contributed by atoms with Gasteiger partial charge in [0.15, 0.2) is 0 Å². The number of rotatable bonds is 8. The number of benzene rings is 1. The number of carbonyl (C=O) groups is 2. The summed E-state index contributed by atoms with van der Waals surface area (Å²) in [5, 5.41) is 6.53. The van der Waals surface area contributed by atoms with Crippen LogP contribution in [0.2, 0.25) is 0 Å². The fourth-order valence-corrected chi connectivity index (χ4v) is 2.11. The van der Waals surface area contributed by atoms with Crippen LogP contribution in [0.3, 0.4) is 0 Å². The summed E-state index contributed by atoms with van der Waals surface area (Å²) in [7, 11) is 0. The zero-order chi connectivity index (χ0) is 14.8. The van der Waals surface area contributed by atoms with Crippen molar-refractivity contribution in [1.82, 2.24) is 5.32 Å². The van der Waals surface area contributed by atoms with Crippen LogP contribution in [0.4, 0.5) is 5.69 Å². The van der Waals surface area contributed by atoms with E-state index < -0.39 is 0 Å². The van der Waals surface area contributed by atoms with Gasteiger partial charge < -0.3 is 10.6 Å². The summed E-state index contributed by atoms with van der Waals surface area (Å²) >= 11 is 3.34. The highest BCUT2D eigenvalue weighted by Crippen LogP contribution is 2.15. The lowest BCUT2D eigenvalue weighted by Crippen LogP contribution is -2.25. The molecular weight excluding hydrogens is 320 g/mol. The molecular formula is C15H21BrN2O2. The molecule has 0 saturated carbocycles. The van der Waals surface area contributed by atoms with Crippen molar-refractivity contribution in [3.05, 3.63) is 29.8 Å². The quantitative estimate of drug-likeness (QED) is 0.563. The Hall–Kier alpha value is -1.36. The van der Waals surface area contributed by atoms with Crippen molar-refractivity contribution in [2.24, 2.45) is 0 Å². The monoisotopic (exact) mass is 340 g/mol. The Bertz CT molecular complexity index is 449. The third-order valence-electron chi connectivity index (χ3n) is 2.77. The first-order valence-electron chi connectivity index (χ1n) is 6.92. The minimum atomic E-state index is -0.150. The number of para-hydroxylation sites is 1. The molecule has 0 fully saturated rings. The molecule has 0 spiro atoms. The number of carbonyl (C=O) groups excluding carboxylic acids is 2. The van der Waals surface area contributed by atoms with Gasteiger partial charge in [-0.3, -0.25) is 9.59 Å². The summed E-state index contributed by atoms with van der Waals surface area (Å²) in [6, 6.07) is 7.08. The number of halogens is 1. The molecule has 4 nitrogen and oxygen atoms in total. The number of unbranched alkanes of at least 4 members (excludes halogenated alkanes) is 1. The van der Waals surface area contributed by atoms with Gasteiger partial charge >= 0.3 is 0 Å². The van der Waals surface area contributed by atoms with Crippen LogP contribution >= 0.6 is 15.9 Å². The van der Waals surface area contributed by atoms with Gasteiger partial charge in [-0.2, -0.15) is 0 Å². The van der Waals surface area contributed by atoms with Crippen molar-refractivity contribution >= 4 is 33.4 Å². The summed E-state index contributed by atoms with van der Waals surface area (Å²) in [5.74, 6) is -0.204. The molecule has 0 unspecified atom stereocenters. The molecule has 0 aliphatic heterocycles. The Kier molecular flexibility index (Phi) is 7.95. The molecule has 0 atom stereocenters. The maximum Gasteiger partial charge on any atom is 0.253 e. The highest BCUT2D eigenvalue weighted by molar-refractivity contribution is 9.09. The van der Waals surface area contributed by atoms with Gasteiger partial charge in [0, 0.05) is 18.3 Å². The molecule has 0 heterocycles. The van der Waals surface area contributed by atoms with Crippen molar-refractivity contribution in [3.63, 3.8) is 0 Å². The zero-order valence-electron chi connectivity index (χ0n) is 11.7. The van der Waals surface area contributed by atoms with E-state index in [2.05, 4.69) is 26.6 Å². The fourth-order valence-electron chi connectivity index (χ4n) is 1.72. The Morgan fingerprint density at radius 2 is 1.95 bits per heavy atom. The van der Waals surface area contributed by atoms with E-state index in [4.69, 9.17) is 0 Å². The van der Waals surface area contributed by atoms with Crippen LogP contribution in [-0.4, -0.2) is 23.7 Å². The molecule has 5 heteroatoms. The maximum absolute atomic E-state index is 12.0. The fraction of sp³-hybridized carbons (Fsp3) is 0.467. The third-order valence-corrected chi connectivity index (χ3v) is 3.33. The Labute approximate surface area is 128 Å². The summed E-state index contributed by atoms with van der Waals surface area (Å²) in [6.45, 7) is 2.63. The largest absolute Gasteiger partial charge is 0.352 e. The average Bonchev–Trinajstić information content (AvgIpc) is 2.45. The first kappa shape index (κ1) is 16.7. The lowest BCUT2D eigenvalue weighted by atomic mass is 10.1. The minimum absolute atomic E-state index is 0.0540. The molecule has 0 bridgehead atoms. The molecule has 2 amide bonds. The van der Waals surface area contributed by atoms with Gasteiger partial charge in [0.25, 0.3) is 5.91 Å². The van der Waals surface area contributed by atoms with Gasteiger partial charge in [-0.05, 0) is 31.4 Å². The number of amides is 2. The van der Waals surface area contributed by atoms with Crippen LogP contribution in [0.15, 0.2) is 24.3 Å². The van der Waals surface area contributed by atoms with Crippen molar-refractivity contribution in [2.75, 3.05) is 17.2 Å². The molecule has 1 rings (SSSR count). The maximum atomic E-state index is 12.0. The number of hydrogen-bond donors (Lipinski definition) is 2. The Balaban J connectivity index is 2.65. The van der Waals surface area contributed by atoms with Crippen LogP contribution in [-0.2, 0) is 4.79 Å². The molecule has 0 aliphatic rings. The highest BCUT2D eigenvalue weighted by atomic mass is 79.9. The SMILES string of the molecule is CCCNC(=O)c1ccccc1NC(=O)CCCCBr. The number of alkyl halides is 1. The van der Waals surface area contributed by atoms with Gasteiger partial charge in [0.1, 0.15) is 0 Å². The van der Waals surface area contributed by atoms with Gasteiger partial charge in [-0.15, -0.1) is 0 Å². The predicted molar refractivity (Wildman–Crippen MR) is 85.3 cm³/mol. The molecule has 0 radical (unpaired) electrons. The summed E-state index contributed by atoms with van der Waals surface area (Å²) < 4.78 is 0.